The number of ether oxygens (including phenoxy) is 1. The van der Waals surface area contributed by atoms with Crippen LogP contribution in [-0.4, -0.2) is 36.4 Å². The normalized spacial score (nSPS) is 10.5. The number of carbonyl (C=O) groups excluding carboxylic acids is 1. The van der Waals surface area contributed by atoms with Crippen molar-refractivity contribution in [1.29, 1.82) is 0 Å². The predicted molar refractivity (Wildman–Crippen MR) is 91.1 cm³/mol. The first-order valence-electron chi connectivity index (χ1n) is 7.35. The summed E-state index contributed by atoms with van der Waals surface area (Å²) in [6.45, 7) is 0.472. The van der Waals surface area contributed by atoms with Crippen molar-refractivity contribution < 1.29 is 14.5 Å². The number of non-ortho nitro benzene ring substituents is 1. The number of rotatable bonds is 7. The van der Waals surface area contributed by atoms with Crippen LogP contribution in [0.25, 0.3) is 0 Å². The number of hydrogen-bond donors (Lipinski definition) is 1. The molecule has 0 atom stereocenters. The highest BCUT2D eigenvalue weighted by molar-refractivity contribution is 5.92. The van der Waals surface area contributed by atoms with E-state index < -0.39 is 4.92 Å². The smallest absolute Gasteiger partial charge is 0.273 e. The molecule has 1 N–H and O–H groups in total. The van der Waals surface area contributed by atoms with E-state index in [1.54, 1.807) is 6.07 Å². The zero-order valence-electron chi connectivity index (χ0n) is 13.6. The molecule has 2 aromatic carbocycles. The Morgan fingerprint density at radius 1 is 1.21 bits per heavy atom. The molecule has 0 radical (unpaired) electrons. The second kappa shape index (κ2) is 8.07. The zero-order chi connectivity index (χ0) is 17.5. The van der Waals surface area contributed by atoms with Crippen molar-refractivity contribution in [1.82, 2.24) is 4.90 Å². The van der Waals surface area contributed by atoms with Gasteiger partial charge in [0, 0.05) is 18.3 Å². The van der Waals surface area contributed by atoms with Crippen LogP contribution in [0.1, 0.15) is 5.56 Å². The van der Waals surface area contributed by atoms with Gasteiger partial charge in [-0.15, -0.1) is 0 Å². The van der Waals surface area contributed by atoms with Crippen LogP contribution in [0.15, 0.2) is 48.5 Å². The molecule has 0 aromatic heterocycles. The minimum Gasteiger partial charge on any atom is -0.484 e. The first kappa shape index (κ1) is 17.4. The monoisotopic (exact) mass is 329 g/mol. The molecule has 0 unspecified atom stereocenters. The molecular weight excluding hydrogens is 310 g/mol. The molecule has 2 rings (SSSR count). The van der Waals surface area contributed by atoms with Crippen LogP contribution in [0.2, 0.25) is 0 Å². The van der Waals surface area contributed by atoms with Gasteiger partial charge in [-0.2, -0.15) is 0 Å². The number of nitro groups is 1. The second-order valence-corrected chi connectivity index (χ2v) is 5.49. The van der Waals surface area contributed by atoms with Crippen LogP contribution < -0.4 is 10.1 Å². The van der Waals surface area contributed by atoms with E-state index in [-0.39, 0.29) is 24.0 Å². The fourth-order valence-electron chi connectivity index (χ4n) is 2.14. The molecule has 0 aliphatic heterocycles. The Bertz CT molecular complexity index is 731. The van der Waals surface area contributed by atoms with Crippen LogP contribution in [-0.2, 0) is 11.3 Å². The zero-order valence-corrected chi connectivity index (χ0v) is 13.6. The van der Waals surface area contributed by atoms with Crippen molar-refractivity contribution in [2.24, 2.45) is 0 Å². The van der Waals surface area contributed by atoms with Crippen LogP contribution in [0.5, 0.6) is 5.75 Å². The van der Waals surface area contributed by atoms with E-state index in [1.807, 2.05) is 43.3 Å². The van der Waals surface area contributed by atoms with Crippen molar-refractivity contribution in [3.63, 3.8) is 0 Å². The summed E-state index contributed by atoms with van der Waals surface area (Å²) in [7, 11) is 3.90. The quantitative estimate of drug-likeness (QED) is 0.623. The number of nitro benzene ring substituents is 1. The number of anilines is 1. The van der Waals surface area contributed by atoms with Gasteiger partial charge in [0.25, 0.3) is 11.6 Å². The predicted octanol–water partition coefficient (Wildman–Crippen LogP) is 2.67. The Morgan fingerprint density at radius 2 is 1.96 bits per heavy atom. The third-order valence-corrected chi connectivity index (χ3v) is 3.18. The van der Waals surface area contributed by atoms with Crippen molar-refractivity contribution in [2.75, 3.05) is 26.0 Å². The number of carbonyl (C=O) groups is 1. The summed E-state index contributed by atoms with van der Waals surface area (Å²) >= 11 is 0. The summed E-state index contributed by atoms with van der Waals surface area (Å²) < 4.78 is 5.32. The SMILES string of the molecule is CN(C)Cc1ccccc1NC(=O)COc1cccc([N+](=O)[O-])c1. The molecule has 2 aromatic rings. The average molecular weight is 329 g/mol. The Kier molecular flexibility index (Phi) is 5.86. The molecule has 7 heteroatoms. The third kappa shape index (κ3) is 5.06. The van der Waals surface area contributed by atoms with Gasteiger partial charge < -0.3 is 15.0 Å². The summed E-state index contributed by atoms with van der Waals surface area (Å²) in [6, 6.07) is 13.3. The van der Waals surface area contributed by atoms with E-state index in [0.717, 1.165) is 11.3 Å². The number of para-hydroxylation sites is 1. The Labute approximate surface area is 140 Å². The van der Waals surface area contributed by atoms with Gasteiger partial charge >= 0.3 is 0 Å². The van der Waals surface area contributed by atoms with Gasteiger partial charge in [-0.05, 0) is 31.8 Å². The molecule has 0 saturated heterocycles. The maximum absolute atomic E-state index is 12.1. The van der Waals surface area contributed by atoms with Crippen molar-refractivity contribution >= 4 is 17.3 Å². The van der Waals surface area contributed by atoms with Gasteiger partial charge in [0.15, 0.2) is 6.61 Å². The van der Waals surface area contributed by atoms with Crippen molar-refractivity contribution in [2.45, 2.75) is 6.54 Å². The lowest BCUT2D eigenvalue weighted by Gasteiger charge is -2.15. The topological polar surface area (TPSA) is 84.7 Å². The van der Waals surface area contributed by atoms with Crippen molar-refractivity contribution in [3.05, 3.63) is 64.2 Å². The van der Waals surface area contributed by atoms with Gasteiger partial charge in [-0.3, -0.25) is 14.9 Å². The van der Waals surface area contributed by atoms with Crippen molar-refractivity contribution in [3.8, 4) is 5.75 Å². The van der Waals surface area contributed by atoms with E-state index in [0.29, 0.717) is 6.54 Å². The Balaban J connectivity index is 1.97. The highest BCUT2D eigenvalue weighted by Gasteiger charge is 2.10. The lowest BCUT2D eigenvalue weighted by molar-refractivity contribution is -0.384. The van der Waals surface area contributed by atoms with Crippen LogP contribution in [0, 0.1) is 10.1 Å². The molecule has 0 bridgehead atoms. The summed E-state index contributed by atoms with van der Waals surface area (Å²) in [6.07, 6.45) is 0. The minimum atomic E-state index is -0.509. The summed E-state index contributed by atoms with van der Waals surface area (Å²) in [4.78, 5) is 24.3. The summed E-state index contributed by atoms with van der Waals surface area (Å²) in [5.74, 6) is -0.0476. The lowest BCUT2D eigenvalue weighted by Crippen LogP contribution is -2.22. The van der Waals surface area contributed by atoms with Crippen LogP contribution in [0.4, 0.5) is 11.4 Å². The van der Waals surface area contributed by atoms with Gasteiger partial charge in [0.2, 0.25) is 0 Å². The fourth-order valence-corrected chi connectivity index (χ4v) is 2.14. The van der Waals surface area contributed by atoms with E-state index in [2.05, 4.69) is 5.32 Å². The standard InChI is InChI=1S/C17H19N3O4/c1-19(2)11-13-6-3-4-9-16(13)18-17(21)12-24-15-8-5-7-14(10-15)20(22)23/h3-10H,11-12H2,1-2H3,(H,18,21). The molecule has 0 saturated carbocycles. The molecule has 0 spiro atoms. The maximum atomic E-state index is 12.1. The van der Waals surface area contributed by atoms with Crippen LogP contribution >= 0.6 is 0 Å². The highest BCUT2D eigenvalue weighted by Crippen LogP contribution is 2.19. The largest absolute Gasteiger partial charge is 0.484 e. The third-order valence-electron chi connectivity index (χ3n) is 3.18. The first-order chi connectivity index (χ1) is 11.5. The fraction of sp³-hybridized carbons (Fsp3) is 0.235. The number of nitrogens with zero attached hydrogens (tertiary/aromatic N) is 2. The Hall–Kier alpha value is -2.93. The molecular formula is C17H19N3O4. The Morgan fingerprint density at radius 3 is 2.67 bits per heavy atom. The van der Waals surface area contributed by atoms with E-state index in [4.69, 9.17) is 4.74 Å². The molecule has 7 nitrogen and oxygen atoms in total. The van der Waals surface area contributed by atoms with Gasteiger partial charge in [-0.1, -0.05) is 24.3 Å². The van der Waals surface area contributed by atoms with Gasteiger partial charge in [-0.25, -0.2) is 0 Å². The molecule has 0 heterocycles. The van der Waals surface area contributed by atoms with Gasteiger partial charge in [0.05, 0.1) is 11.0 Å². The van der Waals surface area contributed by atoms with E-state index in [9.17, 15) is 14.9 Å². The lowest BCUT2D eigenvalue weighted by atomic mass is 10.1. The summed E-state index contributed by atoms with van der Waals surface area (Å²) in [5, 5.41) is 13.5. The summed E-state index contributed by atoms with van der Waals surface area (Å²) in [5.41, 5.74) is 1.63. The second-order valence-electron chi connectivity index (χ2n) is 5.49. The number of hydrogen-bond acceptors (Lipinski definition) is 5. The number of benzene rings is 2. The molecule has 126 valence electrons. The molecule has 0 aliphatic carbocycles. The maximum Gasteiger partial charge on any atom is 0.273 e. The van der Waals surface area contributed by atoms with E-state index in [1.165, 1.54) is 18.2 Å². The molecule has 0 fully saturated rings. The highest BCUT2D eigenvalue weighted by atomic mass is 16.6. The molecule has 24 heavy (non-hydrogen) atoms. The number of nitrogens with one attached hydrogen (secondary N) is 1. The molecule has 0 aliphatic rings. The van der Waals surface area contributed by atoms with E-state index >= 15 is 0 Å². The van der Waals surface area contributed by atoms with Crippen LogP contribution in [0.3, 0.4) is 0 Å². The van der Waals surface area contributed by atoms with Gasteiger partial charge in [0.1, 0.15) is 5.75 Å². The molecule has 1 amide bonds. The minimum absolute atomic E-state index is 0.0794. The first-order valence-corrected chi connectivity index (χ1v) is 7.35. The average Bonchev–Trinajstić information content (AvgIpc) is 2.54. The number of amides is 1.